The number of rotatable bonds is 11. The molecule has 1 amide bonds. The number of carbonyl (C=O) groups excluding carboxylic acids is 1. The van der Waals surface area contributed by atoms with Crippen molar-refractivity contribution in [2.75, 3.05) is 20.8 Å². The Morgan fingerprint density at radius 3 is 2.23 bits per heavy atom. The first-order valence-electron chi connectivity index (χ1n) is 13.4. The van der Waals surface area contributed by atoms with Gasteiger partial charge in [0.15, 0.2) is 0 Å². The highest BCUT2D eigenvalue weighted by Gasteiger charge is 2.24. The van der Waals surface area contributed by atoms with Crippen LogP contribution in [0, 0.1) is 5.82 Å². The largest absolute Gasteiger partial charge is 0.497 e. The van der Waals surface area contributed by atoms with Crippen LogP contribution in [0.3, 0.4) is 0 Å². The van der Waals surface area contributed by atoms with E-state index in [-0.39, 0.29) is 24.1 Å². The summed E-state index contributed by atoms with van der Waals surface area (Å²) in [5, 5.41) is 4.18. The average molecular weight is 537 g/mol. The second-order valence-electron chi connectivity index (χ2n) is 9.84. The normalized spacial score (nSPS) is 11.8. The number of amides is 1. The molecule has 1 N–H and O–H groups in total. The van der Waals surface area contributed by atoms with Crippen molar-refractivity contribution in [2.24, 2.45) is 0 Å². The van der Waals surface area contributed by atoms with E-state index >= 15 is 0 Å². The van der Waals surface area contributed by atoms with Gasteiger partial charge in [-0.15, -0.1) is 0 Å². The number of methoxy groups -OCH3 is 2. The number of hydrogen-bond donors (Lipinski definition) is 1. The molecular formula is C34H33FN2O3. The van der Waals surface area contributed by atoms with Crippen LogP contribution in [0.4, 0.5) is 4.39 Å². The lowest BCUT2D eigenvalue weighted by atomic mass is 9.87. The lowest BCUT2D eigenvalue weighted by Gasteiger charge is -2.19. The summed E-state index contributed by atoms with van der Waals surface area (Å²) >= 11 is 0. The van der Waals surface area contributed by atoms with Gasteiger partial charge in [-0.25, -0.2) is 4.39 Å². The van der Waals surface area contributed by atoms with Crippen LogP contribution in [-0.4, -0.2) is 31.2 Å². The van der Waals surface area contributed by atoms with E-state index in [1.807, 2.05) is 48.5 Å². The van der Waals surface area contributed by atoms with Crippen LogP contribution in [-0.2, 0) is 17.8 Å². The first kappa shape index (κ1) is 27.0. The van der Waals surface area contributed by atoms with Crippen molar-refractivity contribution in [3.63, 3.8) is 0 Å². The molecular weight excluding hydrogens is 503 g/mol. The fourth-order valence-corrected chi connectivity index (χ4v) is 5.16. The number of nitrogens with zero attached hydrogens (tertiary/aromatic N) is 1. The highest BCUT2D eigenvalue weighted by molar-refractivity contribution is 5.87. The molecule has 40 heavy (non-hydrogen) atoms. The third-order valence-corrected chi connectivity index (χ3v) is 7.21. The number of benzene rings is 4. The van der Waals surface area contributed by atoms with E-state index in [0.29, 0.717) is 24.6 Å². The molecule has 5 rings (SSSR count). The topological polar surface area (TPSA) is 52.5 Å². The highest BCUT2D eigenvalue weighted by Crippen LogP contribution is 2.38. The van der Waals surface area contributed by atoms with Crippen LogP contribution in [0.15, 0.2) is 103 Å². The monoisotopic (exact) mass is 536 g/mol. The number of carbonyl (C=O) groups is 1. The summed E-state index contributed by atoms with van der Waals surface area (Å²) in [6.45, 7) is 1.14. The zero-order valence-corrected chi connectivity index (χ0v) is 22.8. The van der Waals surface area contributed by atoms with Crippen LogP contribution >= 0.6 is 0 Å². The molecule has 0 saturated heterocycles. The van der Waals surface area contributed by atoms with Gasteiger partial charge in [0.05, 0.1) is 14.2 Å². The molecule has 1 heterocycles. The Bertz CT molecular complexity index is 1560. The van der Waals surface area contributed by atoms with Crippen molar-refractivity contribution in [1.29, 1.82) is 0 Å². The predicted molar refractivity (Wildman–Crippen MR) is 157 cm³/mol. The van der Waals surface area contributed by atoms with Gasteiger partial charge in [-0.3, -0.25) is 4.79 Å². The Labute approximate surface area is 234 Å². The van der Waals surface area contributed by atoms with Gasteiger partial charge in [-0.1, -0.05) is 60.7 Å². The van der Waals surface area contributed by atoms with E-state index in [4.69, 9.17) is 9.47 Å². The van der Waals surface area contributed by atoms with Gasteiger partial charge in [0.25, 0.3) is 0 Å². The molecule has 6 heteroatoms. The van der Waals surface area contributed by atoms with Gasteiger partial charge in [0.2, 0.25) is 5.91 Å². The van der Waals surface area contributed by atoms with Crippen molar-refractivity contribution >= 4 is 16.8 Å². The Kier molecular flexibility index (Phi) is 8.45. The molecule has 1 atom stereocenters. The number of halogens is 1. The Balaban J connectivity index is 1.50. The molecule has 0 fully saturated rings. The van der Waals surface area contributed by atoms with E-state index in [1.54, 1.807) is 26.4 Å². The van der Waals surface area contributed by atoms with Crippen LogP contribution in [0.1, 0.15) is 34.6 Å². The van der Waals surface area contributed by atoms with Gasteiger partial charge in [-0.2, -0.15) is 0 Å². The highest BCUT2D eigenvalue weighted by atomic mass is 19.1. The first-order valence-corrected chi connectivity index (χ1v) is 13.4. The van der Waals surface area contributed by atoms with Crippen molar-refractivity contribution in [1.82, 2.24) is 9.88 Å². The smallest absolute Gasteiger partial charge is 0.220 e. The van der Waals surface area contributed by atoms with Gasteiger partial charge in [0, 0.05) is 48.6 Å². The predicted octanol–water partition coefficient (Wildman–Crippen LogP) is 6.73. The van der Waals surface area contributed by atoms with Crippen molar-refractivity contribution in [2.45, 2.75) is 25.3 Å². The van der Waals surface area contributed by atoms with E-state index in [1.165, 1.54) is 17.7 Å². The van der Waals surface area contributed by atoms with Crippen LogP contribution in [0.2, 0.25) is 0 Å². The zero-order chi connectivity index (χ0) is 27.9. The maximum absolute atomic E-state index is 13.5. The Morgan fingerprint density at radius 1 is 0.850 bits per heavy atom. The molecule has 0 bridgehead atoms. The number of hydrogen-bond acceptors (Lipinski definition) is 3. The van der Waals surface area contributed by atoms with Gasteiger partial charge >= 0.3 is 0 Å². The summed E-state index contributed by atoms with van der Waals surface area (Å²) in [6, 6.07) is 30.6. The molecule has 0 saturated carbocycles. The van der Waals surface area contributed by atoms with E-state index < -0.39 is 0 Å². The Morgan fingerprint density at radius 2 is 1.52 bits per heavy atom. The number of para-hydroxylation sites is 1. The summed E-state index contributed by atoms with van der Waals surface area (Å²) in [5.41, 5.74) is 5.18. The minimum atomic E-state index is -0.257. The minimum Gasteiger partial charge on any atom is -0.497 e. The van der Waals surface area contributed by atoms with E-state index in [2.05, 4.69) is 40.3 Å². The van der Waals surface area contributed by atoms with Gasteiger partial charge < -0.3 is 19.4 Å². The van der Waals surface area contributed by atoms with Gasteiger partial charge in [0.1, 0.15) is 17.3 Å². The van der Waals surface area contributed by atoms with Crippen LogP contribution in [0.25, 0.3) is 10.9 Å². The number of nitrogens with one attached hydrogen (secondary N) is 1. The van der Waals surface area contributed by atoms with Crippen molar-refractivity contribution < 1.29 is 18.7 Å². The van der Waals surface area contributed by atoms with Crippen molar-refractivity contribution in [3.05, 3.63) is 131 Å². The number of aromatic nitrogens is 1. The molecule has 0 aliphatic rings. The van der Waals surface area contributed by atoms with E-state index in [9.17, 15) is 9.18 Å². The summed E-state index contributed by atoms with van der Waals surface area (Å²) in [5.74, 6) is 0.795. The lowest BCUT2D eigenvalue weighted by molar-refractivity contribution is -0.121. The molecule has 0 aliphatic heterocycles. The third kappa shape index (κ3) is 6.34. The fraction of sp³-hybridized carbons (Fsp3) is 0.206. The molecule has 1 aromatic heterocycles. The third-order valence-electron chi connectivity index (χ3n) is 7.21. The molecule has 0 aliphatic carbocycles. The standard InChI is InChI=1S/C34H33FN2O3/c1-39-28-18-26(19-29(20-28)40-2)31(21-34(38)36-17-16-24-8-4-3-5-9-24)32-23-37(33-11-7-6-10-30(32)33)22-25-12-14-27(35)15-13-25/h3-15,18-20,23,31H,16-17,21-22H2,1-2H3,(H,36,38). The molecule has 0 spiro atoms. The molecule has 4 aromatic carbocycles. The summed E-state index contributed by atoms with van der Waals surface area (Å²) in [4.78, 5) is 13.3. The second-order valence-corrected chi connectivity index (χ2v) is 9.84. The Hall–Kier alpha value is -4.58. The quantitative estimate of drug-likeness (QED) is 0.204. The summed E-state index contributed by atoms with van der Waals surface area (Å²) < 4.78 is 26.8. The molecule has 5 aromatic rings. The average Bonchev–Trinajstić information content (AvgIpc) is 3.35. The second kappa shape index (κ2) is 12.5. The number of ether oxygens (including phenoxy) is 2. The van der Waals surface area contributed by atoms with Crippen LogP contribution in [0.5, 0.6) is 11.5 Å². The lowest BCUT2D eigenvalue weighted by Crippen LogP contribution is -2.27. The SMILES string of the molecule is COc1cc(OC)cc(C(CC(=O)NCCc2ccccc2)c2cn(Cc3ccc(F)cc3)c3ccccc23)c1. The minimum absolute atomic E-state index is 0.0296. The number of fused-ring (bicyclic) bond motifs is 1. The fourth-order valence-electron chi connectivity index (χ4n) is 5.16. The van der Waals surface area contributed by atoms with E-state index in [0.717, 1.165) is 34.0 Å². The summed E-state index contributed by atoms with van der Waals surface area (Å²) in [7, 11) is 3.25. The van der Waals surface area contributed by atoms with Gasteiger partial charge in [-0.05, 0) is 59.0 Å². The first-order chi connectivity index (χ1) is 19.5. The van der Waals surface area contributed by atoms with Crippen molar-refractivity contribution in [3.8, 4) is 11.5 Å². The maximum atomic E-state index is 13.5. The molecule has 5 nitrogen and oxygen atoms in total. The zero-order valence-electron chi connectivity index (χ0n) is 22.8. The molecule has 204 valence electrons. The maximum Gasteiger partial charge on any atom is 0.220 e. The molecule has 1 unspecified atom stereocenters. The van der Waals surface area contributed by atoms with Crippen LogP contribution < -0.4 is 14.8 Å². The molecule has 0 radical (unpaired) electrons. The summed E-state index contributed by atoms with van der Waals surface area (Å²) in [6.07, 6.45) is 3.14.